The van der Waals surface area contributed by atoms with Crippen LogP contribution in [0, 0.1) is 5.82 Å². The number of rotatable bonds is 5. The van der Waals surface area contributed by atoms with Gasteiger partial charge in [-0.05, 0) is 30.7 Å². The van der Waals surface area contributed by atoms with E-state index in [1.165, 1.54) is 12.1 Å². The van der Waals surface area contributed by atoms with E-state index < -0.39 is 17.8 Å². The number of aliphatic carboxylic acids is 1. The van der Waals surface area contributed by atoms with Gasteiger partial charge in [0.1, 0.15) is 5.82 Å². The number of halogens is 1. The lowest BCUT2D eigenvalue weighted by Crippen LogP contribution is -2.07. The summed E-state index contributed by atoms with van der Waals surface area (Å²) in [7, 11) is 0. The van der Waals surface area contributed by atoms with Crippen molar-refractivity contribution in [1.29, 1.82) is 0 Å². The van der Waals surface area contributed by atoms with Crippen molar-refractivity contribution in [2.75, 3.05) is 6.61 Å². The number of carboxylic acid groups (broad SMARTS) is 1. The van der Waals surface area contributed by atoms with Crippen molar-refractivity contribution in [2.45, 2.75) is 12.8 Å². The molecule has 0 aliphatic heterocycles. The van der Waals surface area contributed by atoms with Gasteiger partial charge in [-0.3, -0.25) is 4.79 Å². The number of hydrogen-bond donors (Lipinski definition) is 1. The standard InChI is InChI=1S/C11H11FO4/c12-9-5-3-8(4-6-9)11(15)16-7-1-2-10(13)14/h3-6H,1-2,7H2,(H,13,14). The smallest absolute Gasteiger partial charge is 0.338 e. The van der Waals surface area contributed by atoms with Crippen molar-refractivity contribution in [3.8, 4) is 0 Å². The van der Waals surface area contributed by atoms with E-state index in [1.807, 2.05) is 0 Å². The summed E-state index contributed by atoms with van der Waals surface area (Å²) < 4.78 is 17.3. The fourth-order valence-corrected chi connectivity index (χ4v) is 1.06. The van der Waals surface area contributed by atoms with E-state index in [2.05, 4.69) is 0 Å². The molecule has 0 aliphatic carbocycles. The molecular weight excluding hydrogens is 215 g/mol. The number of esters is 1. The summed E-state index contributed by atoms with van der Waals surface area (Å²) >= 11 is 0. The van der Waals surface area contributed by atoms with E-state index >= 15 is 0 Å². The average molecular weight is 226 g/mol. The Morgan fingerprint density at radius 1 is 1.25 bits per heavy atom. The third-order valence-corrected chi connectivity index (χ3v) is 1.85. The van der Waals surface area contributed by atoms with E-state index in [1.54, 1.807) is 0 Å². The van der Waals surface area contributed by atoms with Crippen LogP contribution >= 0.6 is 0 Å². The summed E-state index contributed by atoms with van der Waals surface area (Å²) in [5, 5.41) is 8.34. The van der Waals surface area contributed by atoms with Gasteiger partial charge in [0.25, 0.3) is 0 Å². The molecule has 1 N–H and O–H groups in total. The maximum absolute atomic E-state index is 12.5. The minimum absolute atomic E-state index is 0.0442. The summed E-state index contributed by atoms with van der Waals surface area (Å²) in [5.41, 5.74) is 0.247. The van der Waals surface area contributed by atoms with Gasteiger partial charge >= 0.3 is 11.9 Å². The van der Waals surface area contributed by atoms with Gasteiger partial charge < -0.3 is 9.84 Å². The van der Waals surface area contributed by atoms with E-state index in [0.717, 1.165) is 12.1 Å². The van der Waals surface area contributed by atoms with Crippen LogP contribution in [0.5, 0.6) is 0 Å². The number of carbonyl (C=O) groups is 2. The van der Waals surface area contributed by atoms with Crippen molar-refractivity contribution in [3.05, 3.63) is 35.6 Å². The third-order valence-electron chi connectivity index (χ3n) is 1.85. The molecule has 1 aromatic carbocycles. The molecular formula is C11H11FO4. The first-order valence-electron chi connectivity index (χ1n) is 4.74. The van der Waals surface area contributed by atoms with Crippen LogP contribution in [-0.2, 0) is 9.53 Å². The highest BCUT2D eigenvalue weighted by atomic mass is 19.1. The molecule has 0 bridgehead atoms. The second-order valence-electron chi connectivity index (χ2n) is 3.14. The zero-order chi connectivity index (χ0) is 12.0. The molecule has 0 aliphatic rings. The van der Waals surface area contributed by atoms with Crippen LogP contribution < -0.4 is 0 Å². The summed E-state index contributed by atoms with van der Waals surface area (Å²) in [6.07, 6.45) is 0.221. The molecule has 16 heavy (non-hydrogen) atoms. The lowest BCUT2D eigenvalue weighted by Gasteiger charge is -2.03. The predicted molar refractivity (Wildman–Crippen MR) is 53.6 cm³/mol. The first-order chi connectivity index (χ1) is 7.59. The van der Waals surface area contributed by atoms with Crippen LogP contribution in [0.4, 0.5) is 4.39 Å². The summed E-state index contributed by atoms with van der Waals surface area (Å²) in [6, 6.07) is 4.95. The monoisotopic (exact) mass is 226 g/mol. The van der Waals surface area contributed by atoms with Gasteiger partial charge in [-0.2, -0.15) is 0 Å². The zero-order valence-corrected chi connectivity index (χ0v) is 8.48. The van der Waals surface area contributed by atoms with Gasteiger partial charge in [-0.15, -0.1) is 0 Å². The van der Waals surface area contributed by atoms with Crippen molar-refractivity contribution in [3.63, 3.8) is 0 Å². The first kappa shape index (κ1) is 12.2. The molecule has 0 heterocycles. The Bertz CT molecular complexity index is 372. The van der Waals surface area contributed by atoms with Gasteiger partial charge in [0.05, 0.1) is 12.2 Å². The zero-order valence-electron chi connectivity index (χ0n) is 8.48. The number of hydrogen-bond acceptors (Lipinski definition) is 3. The Morgan fingerprint density at radius 3 is 2.44 bits per heavy atom. The minimum Gasteiger partial charge on any atom is -0.481 e. The lowest BCUT2D eigenvalue weighted by atomic mass is 10.2. The molecule has 1 aromatic rings. The highest BCUT2D eigenvalue weighted by molar-refractivity contribution is 5.89. The quantitative estimate of drug-likeness (QED) is 0.614. The molecule has 4 nitrogen and oxygen atoms in total. The Hall–Kier alpha value is -1.91. The maximum atomic E-state index is 12.5. The number of benzene rings is 1. The molecule has 0 aromatic heterocycles. The average Bonchev–Trinajstić information content (AvgIpc) is 2.25. The molecule has 0 saturated heterocycles. The van der Waals surface area contributed by atoms with Crippen LogP contribution in [0.1, 0.15) is 23.2 Å². The van der Waals surface area contributed by atoms with Crippen molar-refractivity contribution >= 4 is 11.9 Å². The highest BCUT2D eigenvalue weighted by Gasteiger charge is 2.07. The summed E-state index contributed by atoms with van der Waals surface area (Å²) in [6.45, 7) is 0.0442. The van der Waals surface area contributed by atoms with Crippen LogP contribution in [0.3, 0.4) is 0 Å². The Labute approximate surface area is 91.7 Å². The fourth-order valence-electron chi connectivity index (χ4n) is 1.06. The van der Waals surface area contributed by atoms with Gasteiger partial charge in [-0.25, -0.2) is 9.18 Å². The molecule has 0 fully saturated rings. The van der Waals surface area contributed by atoms with E-state index in [4.69, 9.17) is 9.84 Å². The summed E-state index contributed by atoms with van der Waals surface area (Å²) in [4.78, 5) is 21.5. The van der Waals surface area contributed by atoms with Gasteiger partial charge in [-0.1, -0.05) is 0 Å². The molecule has 0 amide bonds. The van der Waals surface area contributed by atoms with Gasteiger partial charge in [0.15, 0.2) is 0 Å². The fraction of sp³-hybridized carbons (Fsp3) is 0.273. The van der Waals surface area contributed by atoms with Crippen molar-refractivity contribution < 1.29 is 23.8 Å². The molecule has 0 saturated carbocycles. The maximum Gasteiger partial charge on any atom is 0.338 e. The second kappa shape index (κ2) is 5.85. The molecule has 1 rings (SSSR count). The lowest BCUT2D eigenvalue weighted by molar-refractivity contribution is -0.137. The number of carbonyl (C=O) groups excluding carboxylic acids is 1. The van der Waals surface area contributed by atoms with E-state index in [0.29, 0.717) is 0 Å². The molecule has 0 spiro atoms. The van der Waals surface area contributed by atoms with Crippen LogP contribution in [0.15, 0.2) is 24.3 Å². The largest absolute Gasteiger partial charge is 0.481 e. The predicted octanol–water partition coefficient (Wildman–Crippen LogP) is 1.85. The first-order valence-corrected chi connectivity index (χ1v) is 4.74. The Morgan fingerprint density at radius 2 is 1.88 bits per heavy atom. The van der Waals surface area contributed by atoms with Crippen molar-refractivity contribution in [2.24, 2.45) is 0 Å². The molecule has 5 heteroatoms. The van der Waals surface area contributed by atoms with Crippen LogP contribution in [0.25, 0.3) is 0 Å². The van der Waals surface area contributed by atoms with Crippen molar-refractivity contribution in [1.82, 2.24) is 0 Å². The normalized spacial score (nSPS) is 9.81. The highest BCUT2D eigenvalue weighted by Crippen LogP contribution is 2.05. The molecule has 86 valence electrons. The topological polar surface area (TPSA) is 63.6 Å². The molecule has 0 unspecified atom stereocenters. The summed E-state index contributed by atoms with van der Waals surface area (Å²) in [5.74, 6) is -1.94. The van der Waals surface area contributed by atoms with Crippen LogP contribution in [-0.4, -0.2) is 23.7 Å². The van der Waals surface area contributed by atoms with Gasteiger partial charge in [0.2, 0.25) is 0 Å². The Balaban J connectivity index is 2.35. The second-order valence-corrected chi connectivity index (χ2v) is 3.14. The molecule has 0 radical (unpaired) electrons. The van der Waals surface area contributed by atoms with Gasteiger partial charge in [0, 0.05) is 6.42 Å². The number of carboxylic acids is 1. The molecule has 0 atom stereocenters. The van der Waals surface area contributed by atoms with E-state index in [-0.39, 0.29) is 25.0 Å². The third kappa shape index (κ3) is 4.08. The minimum atomic E-state index is -0.933. The van der Waals surface area contributed by atoms with E-state index in [9.17, 15) is 14.0 Å². The Kier molecular flexibility index (Phi) is 4.44. The van der Waals surface area contributed by atoms with Crippen LogP contribution in [0.2, 0.25) is 0 Å². The SMILES string of the molecule is O=C(O)CCCOC(=O)c1ccc(F)cc1. The number of ether oxygens (including phenoxy) is 1.